The molecule has 2 aliphatic rings. The van der Waals surface area contributed by atoms with Gasteiger partial charge >= 0.3 is 6.18 Å². The van der Waals surface area contributed by atoms with E-state index in [0.29, 0.717) is 54.5 Å². The van der Waals surface area contributed by atoms with Crippen LogP contribution in [0.5, 0.6) is 5.75 Å². The lowest BCUT2D eigenvalue weighted by molar-refractivity contribution is -0.137. The van der Waals surface area contributed by atoms with E-state index in [0.717, 1.165) is 25.0 Å². The van der Waals surface area contributed by atoms with E-state index in [1.807, 2.05) is 4.90 Å². The van der Waals surface area contributed by atoms with Gasteiger partial charge in [0, 0.05) is 43.6 Å². The molecule has 2 aromatic heterocycles. The maximum Gasteiger partial charge on any atom is 0.416 e. The second-order valence-electron chi connectivity index (χ2n) is 9.94. The molecule has 2 atom stereocenters. The van der Waals surface area contributed by atoms with E-state index >= 15 is 0 Å². The van der Waals surface area contributed by atoms with Gasteiger partial charge in [-0.05, 0) is 51.3 Å². The molecular weight excluding hydrogens is 503 g/mol. The number of benzene rings is 1. The van der Waals surface area contributed by atoms with Gasteiger partial charge in [-0.2, -0.15) is 18.3 Å². The summed E-state index contributed by atoms with van der Waals surface area (Å²) in [4.78, 5) is 23.5. The lowest BCUT2D eigenvalue weighted by Crippen LogP contribution is -2.28. The number of hydrogen-bond donors (Lipinski definition) is 1. The van der Waals surface area contributed by atoms with E-state index in [1.165, 1.54) is 6.20 Å². The summed E-state index contributed by atoms with van der Waals surface area (Å²) in [5, 5.41) is 15.1. The monoisotopic (exact) mass is 533 g/mol. The Morgan fingerprint density at radius 3 is 2.68 bits per heavy atom. The number of amides is 1. The molecule has 1 unspecified atom stereocenters. The fourth-order valence-corrected chi connectivity index (χ4v) is 5.06. The van der Waals surface area contributed by atoms with Gasteiger partial charge in [-0.25, -0.2) is 9.97 Å². The fourth-order valence-electron chi connectivity index (χ4n) is 5.06. The zero-order valence-electron chi connectivity index (χ0n) is 21.5. The molecule has 9 nitrogen and oxygen atoms in total. The van der Waals surface area contributed by atoms with Crippen LogP contribution in [0, 0.1) is 12.8 Å². The number of halogens is 3. The van der Waals surface area contributed by atoms with Gasteiger partial charge in [0.05, 0.1) is 29.3 Å². The van der Waals surface area contributed by atoms with Crippen molar-refractivity contribution in [1.29, 1.82) is 0 Å². The number of aryl methyl sites for hydroxylation is 1. The molecule has 3 heterocycles. The van der Waals surface area contributed by atoms with Crippen LogP contribution in [0.1, 0.15) is 56.0 Å². The van der Waals surface area contributed by atoms with Crippen LogP contribution in [0.15, 0.2) is 18.3 Å². The molecule has 1 aliphatic heterocycles. The summed E-state index contributed by atoms with van der Waals surface area (Å²) in [7, 11) is 0. The van der Waals surface area contributed by atoms with Crippen LogP contribution < -0.4 is 4.74 Å². The van der Waals surface area contributed by atoms with Crippen LogP contribution >= 0.6 is 0 Å². The molecule has 0 bridgehead atoms. The molecule has 12 heteroatoms. The molecule has 2 fully saturated rings. The Hall–Kier alpha value is -3.25. The van der Waals surface area contributed by atoms with Crippen molar-refractivity contribution in [2.24, 2.45) is 5.92 Å². The third-order valence-electron chi connectivity index (χ3n) is 6.93. The van der Waals surface area contributed by atoms with Gasteiger partial charge in [0.15, 0.2) is 6.79 Å². The van der Waals surface area contributed by atoms with Gasteiger partial charge in [0.2, 0.25) is 11.6 Å². The van der Waals surface area contributed by atoms with E-state index in [9.17, 15) is 23.1 Å². The van der Waals surface area contributed by atoms with Crippen molar-refractivity contribution in [2.75, 3.05) is 19.9 Å². The molecule has 1 N–H and O–H groups in total. The fraction of sp³-hybridized carbons (Fsp3) is 0.538. The first-order valence-corrected chi connectivity index (χ1v) is 12.7. The standard InChI is InChI=1S/C26H30F3N5O4/c1-4-37-13-38-20-9-17(26(27,28)29)7-14(2)22(20)19-10-30-23-24(15(3)35)34(32-25(23)31-19)12-16-8-21(36)33(11-16)18-5-6-18/h7,9-10,15-16,18,35H,4-6,8,11-13H2,1-3H3/t15-,16?/m1/s1. The maximum atomic E-state index is 13.5. The highest BCUT2D eigenvalue weighted by molar-refractivity contribution is 5.80. The molecule has 1 aromatic carbocycles. The third-order valence-corrected chi connectivity index (χ3v) is 6.93. The zero-order chi connectivity index (χ0) is 27.2. The molecule has 3 aromatic rings. The Balaban J connectivity index is 1.51. The van der Waals surface area contributed by atoms with Crippen molar-refractivity contribution in [3.05, 3.63) is 35.2 Å². The largest absolute Gasteiger partial charge is 0.467 e. The number of alkyl halides is 3. The minimum absolute atomic E-state index is 0.0285. The first-order valence-electron chi connectivity index (χ1n) is 12.7. The molecule has 1 saturated carbocycles. The average Bonchev–Trinajstić information content (AvgIpc) is 3.52. The average molecular weight is 534 g/mol. The second kappa shape index (κ2) is 10.1. The van der Waals surface area contributed by atoms with Gasteiger partial charge in [-0.1, -0.05) is 0 Å². The Kier molecular flexibility index (Phi) is 7.03. The third kappa shape index (κ3) is 5.19. The van der Waals surface area contributed by atoms with Gasteiger partial charge < -0.3 is 19.5 Å². The summed E-state index contributed by atoms with van der Waals surface area (Å²) in [5.74, 6) is 0.160. The number of aliphatic hydroxyl groups is 1. The predicted octanol–water partition coefficient (Wildman–Crippen LogP) is 4.26. The second-order valence-corrected chi connectivity index (χ2v) is 9.94. The summed E-state index contributed by atoms with van der Waals surface area (Å²) in [6.07, 6.45) is -1.50. The number of hydrogen-bond acceptors (Lipinski definition) is 7. The summed E-state index contributed by atoms with van der Waals surface area (Å²) in [6, 6.07) is 2.31. The normalized spacial score (nSPS) is 19.0. The number of carbonyl (C=O) groups excluding carboxylic acids is 1. The molecule has 0 radical (unpaired) electrons. The molecule has 1 saturated heterocycles. The Labute approximate surface area is 217 Å². The van der Waals surface area contributed by atoms with Gasteiger partial charge in [0.1, 0.15) is 11.3 Å². The summed E-state index contributed by atoms with van der Waals surface area (Å²) >= 11 is 0. The quantitative estimate of drug-likeness (QED) is 0.324. The van der Waals surface area contributed by atoms with E-state index in [-0.39, 0.29) is 35.7 Å². The number of carbonyl (C=O) groups is 1. The number of likely N-dealkylation sites (tertiary alicyclic amines) is 1. The highest BCUT2D eigenvalue weighted by Crippen LogP contribution is 2.40. The lowest BCUT2D eigenvalue weighted by Gasteiger charge is -2.17. The van der Waals surface area contributed by atoms with Gasteiger partial charge in [-0.3, -0.25) is 9.48 Å². The van der Waals surface area contributed by atoms with Crippen LogP contribution in [0.4, 0.5) is 13.2 Å². The lowest BCUT2D eigenvalue weighted by atomic mass is 10.0. The Morgan fingerprint density at radius 1 is 1.26 bits per heavy atom. The number of rotatable bonds is 9. The van der Waals surface area contributed by atoms with E-state index in [4.69, 9.17) is 9.47 Å². The molecule has 1 amide bonds. The minimum Gasteiger partial charge on any atom is -0.467 e. The number of fused-ring (bicyclic) bond motifs is 1. The van der Waals surface area contributed by atoms with Crippen molar-refractivity contribution in [1.82, 2.24) is 24.6 Å². The minimum atomic E-state index is -4.55. The van der Waals surface area contributed by atoms with Crippen LogP contribution in [-0.2, 0) is 22.3 Å². The summed E-state index contributed by atoms with van der Waals surface area (Å²) < 4.78 is 52.9. The number of aliphatic hydroxyl groups excluding tert-OH is 1. The molecule has 0 spiro atoms. The number of nitrogens with zero attached hydrogens (tertiary/aromatic N) is 5. The van der Waals surface area contributed by atoms with Crippen LogP contribution in [0.2, 0.25) is 0 Å². The smallest absolute Gasteiger partial charge is 0.416 e. The van der Waals surface area contributed by atoms with Crippen LogP contribution in [-0.4, -0.2) is 61.6 Å². The predicted molar refractivity (Wildman–Crippen MR) is 131 cm³/mol. The van der Waals surface area contributed by atoms with Gasteiger partial charge in [0.25, 0.3) is 0 Å². The number of aromatic nitrogens is 4. The van der Waals surface area contributed by atoms with Crippen molar-refractivity contribution in [2.45, 2.75) is 64.9 Å². The highest BCUT2D eigenvalue weighted by Gasteiger charge is 2.40. The van der Waals surface area contributed by atoms with E-state index in [2.05, 4.69) is 15.1 Å². The first-order chi connectivity index (χ1) is 18.1. The molecular formula is C26H30F3N5O4. The van der Waals surface area contributed by atoms with Crippen molar-refractivity contribution >= 4 is 17.1 Å². The molecule has 204 valence electrons. The molecule has 38 heavy (non-hydrogen) atoms. The molecule has 5 rings (SSSR count). The highest BCUT2D eigenvalue weighted by atomic mass is 19.4. The number of ether oxygens (including phenoxy) is 2. The first kappa shape index (κ1) is 26.4. The van der Waals surface area contributed by atoms with Crippen molar-refractivity contribution in [3.8, 4) is 17.0 Å². The molecule has 1 aliphatic carbocycles. The van der Waals surface area contributed by atoms with Crippen molar-refractivity contribution in [3.63, 3.8) is 0 Å². The Bertz CT molecular complexity index is 1350. The summed E-state index contributed by atoms with van der Waals surface area (Å²) in [5.41, 5.74) is 1.22. The van der Waals surface area contributed by atoms with Gasteiger partial charge in [-0.15, -0.1) is 0 Å². The van der Waals surface area contributed by atoms with Crippen LogP contribution in [0.25, 0.3) is 22.4 Å². The van der Waals surface area contributed by atoms with Crippen molar-refractivity contribution < 1.29 is 32.5 Å². The zero-order valence-corrected chi connectivity index (χ0v) is 21.5. The summed E-state index contributed by atoms with van der Waals surface area (Å²) in [6.45, 7) is 6.09. The Morgan fingerprint density at radius 2 is 2.03 bits per heavy atom. The SMILES string of the molecule is CCOCOc1cc(C(F)(F)F)cc(C)c1-c1cnc2c([C@@H](C)O)n(CC3CC(=O)N(C4CC4)C3)nc2n1. The van der Waals surface area contributed by atoms with E-state index in [1.54, 1.807) is 25.5 Å². The maximum absolute atomic E-state index is 13.5. The van der Waals surface area contributed by atoms with Crippen LogP contribution in [0.3, 0.4) is 0 Å². The van der Waals surface area contributed by atoms with E-state index < -0.39 is 17.8 Å². The topological polar surface area (TPSA) is 103 Å².